The van der Waals surface area contributed by atoms with Gasteiger partial charge in [-0.3, -0.25) is 4.98 Å². The second-order valence-electron chi connectivity index (χ2n) is 7.15. The summed E-state index contributed by atoms with van der Waals surface area (Å²) in [6.45, 7) is 15.0. The lowest BCUT2D eigenvalue weighted by atomic mass is 10.1. The van der Waals surface area contributed by atoms with Gasteiger partial charge in [-0.15, -0.1) is 0 Å². The molecule has 0 aliphatic rings. The number of carboxylic acid groups (broad SMARTS) is 1. The topological polar surface area (TPSA) is 84.5 Å². The van der Waals surface area contributed by atoms with Crippen molar-refractivity contribution < 1.29 is 19.9 Å². The highest BCUT2D eigenvalue weighted by atomic mass is 16.4. The van der Waals surface area contributed by atoms with Gasteiger partial charge >= 0.3 is 0 Å². The van der Waals surface area contributed by atoms with E-state index in [2.05, 4.69) is 32.7 Å². The molecule has 0 radical (unpaired) electrons. The molecule has 0 aliphatic carbocycles. The van der Waals surface area contributed by atoms with Gasteiger partial charge in [0, 0.05) is 6.20 Å². The molecule has 0 saturated carbocycles. The van der Waals surface area contributed by atoms with Crippen molar-refractivity contribution in [1.82, 2.24) is 4.98 Å². The number of hydrogen-bond acceptors (Lipinski definition) is 3. The highest BCUT2D eigenvalue weighted by molar-refractivity contribution is 5.83. The summed E-state index contributed by atoms with van der Waals surface area (Å²) in [4.78, 5) is 13.5. The number of aromatic nitrogens is 1. The molecule has 5 heteroatoms. The molecule has 0 fully saturated rings. The third-order valence-corrected chi connectivity index (χ3v) is 4.82. The number of carbonyl (C=O) groups is 1. The van der Waals surface area contributed by atoms with E-state index in [1.165, 1.54) is 94.3 Å². The first kappa shape index (κ1) is 27.8. The van der Waals surface area contributed by atoms with E-state index >= 15 is 0 Å². The molecule has 158 valence electrons. The van der Waals surface area contributed by atoms with Gasteiger partial charge in [0.1, 0.15) is 0 Å². The Morgan fingerprint density at radius 3 is 1.48 bits per heavy atom. The van der Waals surface area contributed by atoms with Crippen molar-refractivity contribution in [3.63, 3.8) is 0 Å². The van der Waals surface area contributed by atoms with E-state index in [1.54, 1.807) is 12.1 Å². The highest BCUT2D eigenvalue weighted by Gasteiger charge is 2.24. The number of rotatable bonds is 13. The maximum atomic E-state index is 10.0. The normalized spacial score (nSPS) is 10.5. The minimum atomic E-state index is -1.24. The number of nitrogens with zero attached hydrogens (tertiary/aromatic N) is 2. The molecule has 0 atom stereocenters. The molecule has 1 aromatic heterocycles. The zero-order valence-corrected chi connectivity index (χ0v) is 18.0. The molecule has 1 rings (SSSR count). The SMILES string of the molecule is CCCC[N+](CCCC)(CCCC)CCCC.O.O=C([O-])c1ccccn1. The standard InChI is InChI=1S/C16H36N.C6H5NO2.H2O/c1-5-9-13-17(14-10-6-2,15-11-7-3)16-12-8-4;8-6(9)5-3-1-2-4-7-5;/h5-16H2,1-4H3;1-4H,(H,8,9);1H2/q+1;;/p-1. The van der Waals surface area contributed by atoms with E-state index in [0.717, 1.165) is 0 Å². The minimum Gasteiger partial charge on any atom is -0.543 e. The van der Waals surface area contributed by atoms with Crippen LogP contribution in [-0.2, 0) is 0 Å². The molecule has 0 saturated heterocycles. The summed E-state index contributed by atoms with van der Waals surface area (Å²) in [7, 11) is 0. The van der Waals surface area contributed by atoms with Crippen LogP contribution in [0.4, 0.5) is 0 Å². The maximum absolute atomic E-state index is 10.0. The van der Waals surface area contributed by atoms with E-state index in [1.807, 2.05) is 0 Å². The van der Waals surface area contributed by atoms with Crippen molar-refractivity contribution in [3.05, 3.63) is 30.1 Å². The van der Waals surface area contributed by atoms with Crippen LogP contribution in [0, 0.1) is 0 Å². The van der Waals surface area contributed by atoms with Gasteiger partial charge in [0.05, 0.1) is 37.8 Å². The Kier molecular flexibility index (Phi) is 18.4. The number of unbranched alkanes of at least 4 members (excludes halogenated alkanes) is 4. The fraction of sp³-hybridized carbons (Fsp3) is 0.727. The van der Waals surface area contributed by atoms with E-state index in [4.69, 9.17) is 0 Å². The third-order valence-electron chi connectivity index (χ3n) is 4.82. The average molecular weight is 383 g/mol. The van der Waals surface area contributed by atoms with Crippen LogP contribution in [0.1, 0.15) is 89.5 Å². The molecular weight excluding hydrogens is 340 g/mol. The summed E-state index contributed by atoms with van der Waals surface area (Å²) in [5.74, 6) is -1.24. The second kappa shape index (κ2) is 17.9. The summed E-state index contributed by atoms with van der Waals surface area (Å²) >= 11 is 0. The number of aromatic carboxylic acids is 1. The van der Waals surface area contributed by atoms with Crippen molar-refractivity contribution in [2.45, 2.75) is 79.1 Å². The van der Waals surface area contributed by atoms with Gasteiger partial charge in [-0.2, -0.15) is 0 Å². The van der Waals surface area contributed by atoms with E-state index in [0.29, 0.717) is 0 Å². The zero-order valence-electron chi connectivity index (χ0n) is 18.0. The molecule has 5 nitrogen and oxygen atoms in total. The number of pyridine rings is 1. The smallest absolute Gasteiger partial charge is 0.0899 e. The Morgan fingerprint density at radius 2 is 1.26 bits per heavy atom. The molecule has 27 heavy (non-hydrogen) atoms. The predicted octanol–water partition coefficient (Wildman–Crippen LogP) is 3.62. The molecule has 0 spiro atoms. The average Bonchev–Trinajstić information content (AvgIpc) is 2.68. The van der Waals surface area contributed by atoms with Gasteiger partial charge in [-0.05, 0) is 37.8 Å². The van der Waals surface area contributed by atoms with Crippen LogP contribution in [0.3, 0.4) is 0 Å². The van der Waals surface area contributed by atoms with Gasteiger partial charge in [-0.25, -0.2) is 0 Å². The van der Waals surface area contributed by atoms with Crippen LogP contribution in [-0.4, -0.2) is 47.1 Å². The van der Waals surface area contributed by atoms with Crippen molar-refractivity contribution in [2.24, 2.45) is 0 Å². The molecular formula is C22H42N2O3. The first-order valence-corrected chi connectivity index (χ1v) is 10.5. The predicted molar refractivity (Wildman–Crippen MR) is 112 cm³/mol. The third kappa shape index (κ3) is 13.4. The van der Waals surface area contributed by atoms with Crippen LogP contribution in [0.25, 0.3) is 0 Å². The van der Waals surface area contributed by atoms with Gasteiger partial charge in [0.15, 0.2) is 0 Å². The Labute approximate surface area is 166 Å². The van der Waals surface area contributed by atoms with Crippen molar-refractivity contribution in [2.75, 3.05) is 26.2 Å². The quantitative estimate of drug-likeness (QED) is 0.488. The number of carboxylic acids is 1. The Hall–Kier alpha value is -1.46. The molecule has 2 N–H and O–H groups in total. The molecule has 0 bridgehead atoms. The van der Waals surface area contributed by atoms with Crippen molar-refractivity contribution >= 4 is 5.97 Å². The van der Waals surface area contributed by atoms with Gasteiger partial charge in [0.25, 0.3) is 0 Å². The molecule has 1 aromatic rings. The van der Waals surface area contributed by atoms with Crippen LogP contribution in [0.15, 0.2) is 24.4 Å². The van der Waals surface area contributed by atoms with Crippen LogP contribution >= 0.6 is 0 Å². The zero-order chi connectivity index (χ0) is 19.7. The largest absolute Gasteiger partial charge is 0.543 e. The molecule has 0 amide bonds. The second-order valence-corrected chi connectivity index (χ2v) is 7.15. The summed E-state index contributed by atoms with van der Waals surface area (Å²) in [5, 5.41) is 10.0. The van der Waals surface area contributed by atoms with Crippen LogP contribution < -0.4 is 5.11 Å². The van der Waals surface area contributed by atoms with Crippen molar-refractivity contribution in [3.8, 4) is 0 Å². The number of quaternary nitrogens is 1. The maximum Gasteiger partial charge on any atom is 0.0899 e. The molecule has 0 unspecified atom stereocenters. The van der Waals surface area contributed by atoms with Gasteiger partial charge in [0.2, 0.25) is 0 Å². The fourth-order valence-corrected chi connectivity index (χ4v) is 3.13. The van der Waals surface area contributed by atoms with Crippen LogP contribution in [0.5, 0.6) is 0 Å². The van der Waals surface area contributed by atoms with Gasteiger partial charge < -0.3 is 19.9 Å². The minimum absolute atomic E-state index is 0. The lowest BCUT2D eigenvalue weighted by Crippen LogP contribution is -2.50. The fourth-order valence-electron chi connectivity index (χ4n) is 3.13. The molecule has 0 aromatic carbocycles. The Balaban J connectivity index is 0. The first-order chi connectivity index (χ1) is 12.5. The summed E-state index contributed by atoms with van der Waals surface area (Å²) in [6, 6.07) is 4.62. The Bertz CT molecular complexity index is 415. The van der Waals surface area contributed by atoms with E-state index < -0.39 is 5.97 Å². The monoisotopic (exact) mass is 382 g/mol. The summed E-state index contributed by atoms with van der Waals surface area (Å²) in [6.07, 6.45) is 12.5. The molecule has 1 heterocycles. The first-order valence-electron chi connectivity index (χ1n) is 10.5. The summed E-state index contributed by atoms with van der Waals surface area (Å²) < 4.78 is 1.42. The number of hydrogen-bond donors (Lipinski definition) is 0. The van der Waals surface area contributed by atoms with E-state index in [-0.39, 0.29) is 11.2 Å². The lowest BCUT2D eigenvalue weighted by molar-refractivity contribution is -0.929. The summed E-state index contributed by atoms with van der Waals surface area (Å²) in [5.41, 5.74) is -0.0301. The van der Waals surface area contributed by atoms with E-state index in [9.17, 15) is 9.90 Å². The Morgan fingerprint density at radius 1 is 0.852 bits per heavy atom. The van der Waals surface area contributed by atoms with Crippen LogP contribution in [0.2, 0.25) is 0 Å². The van der Waals surface area contributed by atoms with Crippen molar-refractivity contribution in [1.29, 1.82) is 0 Å². The lowest BCUT2D eigenvalue weighted by Gasteiger charge is -2.39. The molecule has 0 aliphatic heterocycles. The number of carbonyl (C=O) groups excluding carboxylic acids is 1. The van der Waals surface area contributed by atoms with Gasteiger partial charge in [-0.1, -0.05) is 59.4 Å². The highest BCUT2D eigenvalue weighted by Crippen LogP contribution is 2.16.